The zero-order valence-electron chi connectivity index (χ0n) is 17.2. The molecular weight excluding hydrogens is 563 g/mol. The molecule has 4 rings (SSSR count). The number of rotatable bonds is 6. The first kappa shape index (κ1) is 22.8. The summed E-state index contributed by atoms with van der Waals surface area (Å²) < 4.78 is 12.3. The van der Waals surface area contributed by atoms with Crippen molar-refractivity contribution in [2.24, 2.45) is 10.1 Å². The molecule has 10 heteroatoms. The van der Waals surface area contributed by atoms with Crippen LogP contribution in [0.3, 0.4) is 0 Å². The molecule has 0 spiro atoms. The van der Waals surface area contributed by atoms with Gasteiger partial charge in [-0.3, -0.25) is 10.2 Å². The van der Waals surface area contributed by atoms with Crippen molar-refractivity contribution < 1.29 is 14.3 Å². The summed E-state index contributed by atoms with van der Waals surface area (Å²) in [5.41, 5.74) is 1.72. The van der Waals surface area contributed by atoms with Gasteiger partial charge in [-0.1, -0.05) is 36.7 Å². The topological polar surface area (TPSA) is 87.3 Å². The third-order valence-electron chi connectivity index (χ3n) is 4.69. The van der Waals surface area contributed by atoms with E-state index < -0.39 is 5.91 Å². The second kappa shape index (κ2) is 9.63. The zero-order valence-corrected chi connectivity index (χ0v) is 20.9. The van der Waals surface area contributed by atoms with Crippen LogP contribution in [0.15, 0.2) is 52.1 Å². The van der Waals surface area contributed by atoms with E-state index in [0.29, 0.717) is 33.7 Å². The Morgan fingerprint density at radius 2 is 2.09 bits per heavy atom. The summed E-state index contributed by atoms with van der Waals surface area (Å²) in [7, 11) is 1.55. The van der Waals surface area contributed by atoms with Crippen molar-refractivity contribution in [2.45, 2.75) is 20.0 Å². The molecule has 0 saturated heterocycles. The van der Waals surface area contributed by atoms with Gasteiger partial charge in [0.1, 0.15) is 11.7 Å². The van der Waals surface area contributed by atoms with Crippen LogP contribution in [-0.4, -0.2) is 34.1 Å². The number of methoxy groups -OCH3 is 1. The van der Waals surface area contributed by atoms with Crippen molar-refractivity contribution in [1.29, 1.82) is 5.41 Å². The van der Waals surface area contributed by atoms with E-state index in [1.807, 2.05) is 37.3 Å². The number of nitrogens with one attached hydrogen (secondary N) is 1. The van der Waals surface area contributed by atoms with Crippen LogP contribution in [0.4, 0.5) is 0 Å². The molecule has 0 atom stereocenters. The number of amides is 1. The number of thioether (sulfide) groups is 1. The van der Waals surface area contributed by atoms with Gasteiger partial charge in [-0.2, -0.15) is 15.1 Å². The molecule has 0 saturated carbocycles. The lowest BCUT2D eigenvalue weighted by Gasteiger charge is -2.20. The quantitative estimate of drug-likeness (QED) is 0.357. The Morgan fingerprint density at radius 1 is 1.31 bits per heavy atom. The first-order valence-electron chi connectivity index (χ1n) is 9.64. The van der Waals surface area contributed by atoms with E-state index in [4.69, 9.17) is 26.5 Å². The Hall–Kier alpha value is -2.37. The van der Waals surface area contributed by atoms with Crippen LogP contribution < -0.4 is 9.47 Å². The van der Waals surface area contributed by atoms with E-state index in [-0.39, 0.29) is 18.0 Å². The molecule has 2 heterocycles. The summed E-state index contributed by atoms with van der Waals surface area (Å²) in [5.74, 6) is 0.629. The fraction of sp³-hybridized carbons (Fsp3) is 0.182. The molecular formula is C22H18ClIN4O3S. The first-order chi connectivity index (χ1) is 15.4. The van der Waals surface area contributed by atoms with Crippen molar-refractivity contribution >= 4 is 74.0 Å². The predicted octanol–water partition coefficient (Wildman–Crippen LogP) is 5.56. The van der Waals surface area contributed by atoms with Gasteiger partial charge in [0, 0.05) is 10.6 Å². The van der Waals surface area contributed by atoms with Gasteiger partial charge >= 0.3 is 0 Å². The van der Waals surface area contributed by atoms with Crippen molar-refractivity contribution in [3.8, 4) is 11.5 Å². The number of amidine groups is 2. The Balaban J connectivity index is 1.62. The fourth-order valence-electron chi connectivity index (χ4n) is 3.07. The van der Waals surface area contributed by atoms with Gasteiger partial charge in [0.15, 0.2) is 17.3 Å². The van der Waals surface area contributed by atoms with E-state index in [9.17, 15) is 4.79 Å². The van der Waals surface area contributed by atoms with E-state index in [1.54, 1.807) is 19.3 Å². The van der Waals surface area contributed by atoms with Crippen molar-refractivity contribution in [1.82, 2.24) is 5.01 Å². The molecule has 32 heavy (non-hydrogen) atoms. The molecule has 0 radical (unpaired) electrons. The Morgan fingerprint density at radius 3 is 2.81 bits per heavy atom. The van der Waals surface area contributed by atoms with E-state index in [1.165, 1.54) is 16.8 Å². The lowest BCUT2D eigenvalue weighted by Crippen LogP contribution is -2.35. The second-order valence-corrected chi connectivity index (χ2v) is 9.39. The molecule has 1 amide bonds. The van der Waals surface area contributed by atoms with E-state index in [0.717, 1.165) is 14.2 Å². The molecule has 0 aliphatic carbocycles. The van der Waals surface area contributed by atoms with E-state index >= 15 is 0 Å². The number of fused-ring (bicyclic) bond motifs is 1. The molecule has 0 fully saturated rings. The second-order valence-electron chi connectivity index (χ2n) is 6.78. The molecule has 0 bridgehead atoms. The average Bonchev–Trinajstić information content (AvgIpc) is 3.20. The Bertz CT molecular complexity index is 1210. The van der Waals surface area contributed by atoms with Gasteiger partial charge < -0.3 is 9.47 Å². The summed E-state index contributed by atoms with van der Waals surface area (Å²) in [4.78, 5) is 16.7. The number of carbonyl (C=O) groups is 1. The number of halogens is 2. The molecule has 2 aromatic carbocycles. The summed E-state index contributed by atoms with van der Waals surface area (Å²) in [6.45, 7) is 2.26. The maximum atomic E-state index is 12.6. The highest BCUT2D eigenvalue weighted by atomic mass is 127. The van der Waals surface area contributed by atoms with Gasteiger partial charge in [-0.25, -0.2) is 0 Å². The predicted molar refractivity (Wildman–Crippen MR) is 137 cm³/mol. The summed E-state index contributed by atoms with van der Waals surface area (Å²) in [5, 5.41) is 16.1. The fourth-order valence-corrected chi connectivity index (χ4v) is 4.87. The van der Waals surface area contributed by atoms with Crippen molar-refractivity contribution in [2.75, 3.05) is 7.11 Å². The number of ether oxygens (including phenoxy) is 2. The minimum absolute atomic E-state index is 0.00368. The van der Waals surface area contributed by atoms with Crippen LogP contribution in [0.2, 0.25) is 5.02 Å². The number of carbonyl (C=O) groups excluding carboxylic acids is 1. The number of hydrogen-bond donors (Lipinski definition) is 1. The van der Waals surface area contributed by atoms with Crippen LogP contribution in [0.1, 0.15) is 24.5 Å². The van der Waals surface area contributed by atoms with Gasteiger partial charge in [0.05, 0.1) is 16.3 Å². The van der Waals surface area contributed by atoms with Crippen molar-refractivity contribution in [3.05, 3.63) is 61.7 Å². The third kappa shape index (κ3) is 4.55. The smallest absolute Gasteiger partial charge is 0.283 e. The number of hydrazone groups is 1. The van der Waals surface area contributed by atoms with Crippen LogP contribution in [0.25, 0.3) is 6.08 Å². The summed E-state index contributed by atoms with van der Waals surface area (Å²) >= 11 is 9.69. The molecule has 2 aromatic rings. The minimum atomic E-state index is -0.464. The number of aliphatic imine (C=N–C) groups is 1. The monoisotopic (exact) mass is 580 g/mol. The zero-order chi connectivity index (χ0) is 22.8. The number of hydrogen-bond acceptors (Lipinski definition) is 6. The van der Waals surface area contributed by atoms with E-state index in [2.05, 4.69) is 32.7 Å². The Kier molecular flexibility index (Phi) is 6.87. The SMILES string of the molecule is CCC1=NN2C(=N)/C(=C/c3cc(I)c(OCc4ccccc4Cl)c(OC)c3)C(=O)N=C2S1. The summed E-state index contributed by atoms with van der Waals surface area (Å²) in [6, 6.07) is 11.1. The van der Waals surface area contributed by atoms with Gasteiger partial charge in [-0.15, -0.1) is 0 Å². The number of nitrogens with zero attached hydrogens (tertiary/aromatic N) is 3. The standard InChI is InChI=1S/C22H18ClIN4O3S/c1-3-18-27-28-20(25)14(21(29)26-22(28)32-18)8-12-9-16(24)19(17(10-12)30-2)31-11-13-6-4-5-7-15(13)23/h4-10,25H,3,11H2,1-2H3/b14-8-,25-20?. The highest BCUT2D eigenvalue weighted by molar-refractivity contribution is 14.1. The van der Waals surface area contributed by atoms with Crippen LogP contribution in [-0.2, 0) is 11.4 Å². The molecule has 1 N–H and O–H groups in total. The molecule has 2 aliphatic heterocycles. The molecule has 7 nitrogen and oxygen atoms in total. The maximum Gasteiger partial charge on any atom is 0.283 e. The molecule has 0 aromatic heterocycles. The van der Waals surface area contributed by atoms with Crippen LogP contribution in [0, 0.1) is 8.98 Å². The minimum Gasteiger partial charge on any atom is -0.493 e. The maximum absolute atomic E-state index is 12.6. The normalized spacial score (nSPS) is 16.8. The highest BCUT2D eigenvalue weighted by Crippen LogP contribution is 2.36. The lowest BCUT2D eigenvalue weighted by molar-refractivity contribution is -0.114. The number of benzene rings is 2. The largest absolute Gasteiger partial charge is 0.493 e. The van der Waals surface area contributed by atoms with Gasteiger partial charge in [0.2, 0.25) is 5.17 Å². The molecule has 2 aliphatic rings. The molecule has 164 valence electrons. The lowest BCUT2D eigenvalue weighted by atomic mass is 10.1. The highest BCUT2D eigenvalue weighted by Gasteiger charge is 2.35. The van der Waals surface area contributed by atoms with Crippen LogP contribution in [0.5, 0.6) is 11.5 Å². The summed E-state index contributed by atoms with van der Waals surface area (Å²) in [6.07, 6.45) is 2.34. The van der Waals surface area contributed by atoms with Gasteiger partial charge in [-0.05, 0) is 70.6 Å². The first-order valence-corrected chi connectivity index (χ1v) is 11.9. The molecule has 0 unspecified atom stereocenters. The van der Waals surface area contributed by atoms with Crippen LogP contribution >= 0.6 is 46.0 Å². The van der Waals surface area contributed by atoms with Gasteiger partial charge in [0.25, 0.3) is 5.91 Å². The third-order valence-corrected chi connectivity index (χ3v) is 6.91. The van der Waals surface area contributed by atoms with Crippen molar-refractivity contribution in [3.63, 3.8) is 0 Å². The Labute approximate surface area is 208 Å². The average molecular weight is 581 g/mol.